The number of imidazole rings is 1. The highest BCUT2D eigenvalue weighted by molar-refractivity contribution is 9.09. The van der Waals surface area contributed by atoms with Crippen LogP contribution in [0, 0.1) is 5.41 Å². The summed E-state index contributed by atoms with van der Waals surface area (Å²) in [7, 11) is 0. The summed E-state index contributed by atoms with van der Waals surface area (Å²) in [4.78, 5) is 4.79. The second-order valence-corrected chi connectivity index (χ2v) is 6.36. The summed E-state index contributed by atoms with van der Waals surface area (Å²) in [6.45, 7) is 3.31. The Labute approximate surface area is 123 Å². The zero-order valence-corrected chi connectivity index (χ0v) is 13.1. The van der Waals surface area contributed by atoms with Crippen LogP contribution in [0.3, 0.4) is 0 Å². The molecule has 2 nitrogen and oxygen atoms in total. The van der Waals surface area contributed by atoms with Crippen LogP contribution in [0.5, 0.6) is 0 Å². The largest absolute Gasteiger partial charge is 0.327 e. The molecular formula is C16H21BrN2. The van der Waals surface area contributed by atoms with Crippen LogP contribution in [0.2, 0.25) is 0 Å². The summed E-state index contributed by atoms with van der Waals surface area (Å²) in [6.07, 6.45) is 6.44. The van der Waals surface area contributed by atoms with E-state index in [2.05, 4.69) is 51.7 Å². The number of hydrogen-bond acceptors (Lipinski definition) is 1. The van der Waals surface area contributed by atoms with Gasteiger partial charge in [0, 0.05) is 18.3 Å². The van der Waals surface area contributed by atoms with E-state index >= 15 is 0 Å². The molecule has 1 aromatic carbocycles. The molecule has 1 aliphatic carbocycles. The molecule has 2 aromatic rings. The lowest BCUT2D eigenvalue weighted by molar-refractivity contribution is 0.292. The van der Waals surface area contributed by atoms with Crippen molar-refractivity contribution in [3.63, 3.8) is 0 Å². The van der Waals surface area contributed by atoms with Crippen LogP contribution in [0.1, 0.15) is 38.4 Å². The van der Waals surface area contributed by atoms with Gasteiger partial charge in [-0.3, -0.25) is 0 Å². The van der Waals surface area contributed by atoms with Gasteiger partial charge >= 0.3 is 0 Å². The van der Waals surface area contributed by atoms with Gasteiger partial charge in [-0.15, -0.1) is 0 Å². The fourth-order valence-corrected chi connectivity index (χ4v) is 4.10. The van der Waals surface area contributed by atoms with Crippen molar-refractivity contribution in [3.05, 3.63) is 30.1 Å². The Morgan fingerprint density at radius 2 is 2.00 bits per heavy atom. The number of aromatic nitrogens is 2. The van der Waals surface area contributed by atoms with Gasteiger partial charge in [0.25, 0.3) is 0 Å². The summed E-state index contributed by atoms with van der Waals surface area (Å²) >= 11 is 3.76. The van der Waals surface area contributed by atoms with Gasteiger partial charge in [-0.2, -0.15) is 0 Å². The SMILES string of the molecule is CCc1nc2ccccc2n1CC1(CBr)CCCC1. The molecule has 0 N–H and O–H groups in total. The number of fused-ring (bicyclic) bond motifs is 1. The van der Waals surface area contributed by atoms with E-state index in [1.807, 2.05) is 0 Å². The van der Waals surface area contributed by atoms with Crippen molar-refractivity contribution in [1.29, 1.82) is 0 Å². The van der Waals surface area contributed by atoms with Crippen molar-refractivity contribution in [2.75, 3.05) is 5.33 Å². The highest BCUT2D eigenvalue weighted by atomic mass is 79.9. The van der Waals surface area contributed by atoms with E-state index in [4.69, 9.17) is 4.98 Å². The van der Waals surface area contributed by atoms with Crippen LogP contribution < -0.4 is 0 Å². The average Bonchev–Trinajstić information content (AvgIpc) is 3.05. The van der Waals surface area contributed by atoms with Gasteiger partial charge in [0.2, 0.25) is 0 Å². The first kappa shape index (κ1) is 13.2. The first-order valence-electron chi connectivity index (χ1n) is 7.28. The number of hydrogen-bond donors (Lipinski definition) is 0. The molecular weight excluding hydrogens is 300 g/mol. The van der Waals surface area contributed by atoms with Crippen LogP contribution in [-0.2, 0) is 13.0 Å². The second-order valence-electron chi connectivity index (χ2n) is 5.80. The lowest BCUT2D eigenvalue weighted by atomic mass is 9.88. The molecule has 0 spiro atoms. The van der Waals surface area contributed by atoms with Crippen molar-refractivity contribution in [2.45, 2.75) is 45.6 Å². The van der Waals surface area contributed by atoms with Crippen LogP contribution >= 0.6 is 15.9 Å². The molecule has 1 heterocycles. The standard InChI is InChI=1S/C16H21BrN2/c1-2-15-18-13-7-3-4-8-14(13)19(15)12-16(11-17)9-5-6-10-16/h3-4,7-8H,2,5-6,9-12H2,1H3. The molecule has 3 heteroatoms. The van der Waals surface area contributed by atoms with Crippen molar-refractivity contribution in [3.8, 4) is 0 Å². The van der Waals surface area contributed by atoms with Gasteiger partial charge in [0.15, 0.2) is 0 Å². The lowest BCUT2D eigenvalue weighted by Crippen LogP contribution is -2.26. The highest BCUT2D eigenvalue weighted by Gasteiger charge is 2.34. The Kier molecular flexibility index (Phi) is 3.66. The predicted molar refractivity (Wildman–Crippen MR) is 83.8 cm³/mol. The third-order valence-electron chi connectivity index (χ3n) is 4.49. The zero-order chi connectivity index (χ0) is 13.3. The van der Waals surface area contributed by atoms with Gasteiger partial charge in [-0.05, 0) is 30.4 Å². The number of para-hydroxylation sites is 2. The molecule has 0 aliphatic heterocycles. The Balaban J connectivity index is 2.03. The van der Waals surface area contributed by atoms with Crippen LogP contribution in [0.4, 0.5) is 0 Å². The smallest absolute Gasteiger partial charge is 0.109 e. The number of benzene rings is 1. The van der Waals surface area contributed by atoms with Crippen molar-refractivity contribution in [1.82, 2.24) is 9.55 Å². The molecule has 1 aromatic heterocycles. The number of aryl methyl sites for hydroxylation is 1. The topological polar surface area (TPSA) is 17.8 Å². The van der Waals surface area contributed by atoms with Gasteiger partial charge in [-0.25, -0.2) is 4.98 Å². The first-order chi connectivity index (χ1) is 9.28. The van der Waals surface area contributed by atoms with E-state index in [-0.39, 0.29) is 0 Å². The second kappa shape index (κ2) is 5.28. The zero-order valence-electron chi connectivity index (χ0n) is 11.5. The van der Waals surface area contributed by atoms with Crippen molar-refractivity contribution >= 4 is 27.0 Å². The molecule has 0 bridgehead atoms. The van der Waals surface area contributed by atoms with Crippen LogP contribution in [-0.4, -0.2) is 14.9 Å². The summed E-state index contributed by atoms with van der Waals surface area (Å²) in [6, 6.07) is 8.53. The third kappa shape index (κ3) is 2.33. The fourth-order valence-electron chi connectivity index (χ4n) is 3.37. The molecule has 1 aliphatic rings. The maximum Gasteiger partial charge on any atom is 0.109 e. The molecule has 19 heavy (non-hydrogen) atoms. The quantitative estimate of drug-likeness (QED) is 0.755. The Morgan fingerprint density at radius 3 is 2.68 bits per heavy atom. The Hall–Kier alpha value is -0.830. The van der Waals surface area contributed by atoms with E-state index in [1.165, 1.54) is 37.0 Å². The average molecular weight is 321 g/mol. The monoisotopic (exact) mass is 320 g/mol. The van der Waals surface area contributed by atoms with E-state index in [0.717, 1.165) is 23.8 Å². The van der Waals surface area contributed by atoms with Gasteiger partial charge in [0.1, 0.15) is 5.82 Å². The molecule has 0 atom stereocenters. The molecule has 0 saturated heterocycles. The minimum absolute atomic E-state index is 0.438. The lowest BCUT2D eigenvalue weighted by Gasteiger charge is -2.28. The van der Waals surface area contributed by atoms with E-state index in [9.17, 15) is 0 Å². The number of rotatable bonds is 4. The third-order valence-corrected chi connectivity index (χ3v) is 5.68. The van der Waals surface area contributed by atoms with Gasteiger partial charge in [-0.1, -0.05) is 47.8 Å². The Morgan fingerprint density at radius 1 is 1.26 bits per heavy atom. The minimum Gasteiger partial charge on any atom is -0.327 e. The first-order valence-corrected chi connectivity index (χ1v) is 8.40. The molecule has 102 valence electrons. The van der Waals surface area contributed by atoms with Crippen molar-refractivity contribution < 1.29 is 0 Å². The van der Waals surface area contributed by atoms with Crippen LogP contribution in [0.15, 0.2) is 24.3 Å². The molecule has 1 fully saturated rings. The molecule has 1 saturated carbocycles. The fraction of sp³-hybridized carbons (Fsp3) is 0.562. The minimum atomic E-state index is 0.438. The molecule has 0 amide bonds. The summed E-state index contributed by atoms with van der Waals surface area (Å²) in [5.74, 6) is 1.23. The van der Waals surface area contributed by atoms with Gasteiger partial charge < -0.3 is 4.57 Å². The summed E-state index contributed by atoms with van der Waals surface area (Å²) < 4.78 is 2.46. The summed E-state index contributed by atoms with van der Waals surface area (Å²) in [5.41, 5.74) is 2.88. The van der Waals surface area contributed by atoms with E-state index in [0.29, 0.717) is 5.41 Å². The molecule has 3 rings (SSSR count). The molecule has 0 radical (unpaired) electrons. The summed E-state index contributed by atoms with van der Waals surface area (Å²) in [5, 5.41) is 1.11. The number of halogens is 1. The number of nitrogens with zero attached hydrogens (tertiary/aromatic N) is 2. The van der Waals surface area contributed by atoms with Crippen LogP contribution in [0.25, 0.3) is 11.0 Å². The number of alkyl halides is 1. The van der Waals surface area contributed by atoms with E-state index < -0.39 is 0 Å². The normalized spacial score (nSPS) is 18.2. The molecule has 0 unspecified atom stereocenters. The predicted octanol–water partition coefficient (Wildman–Crippen LogP) is 4.55. The maximum absolute atomic E-state index is 4.79. The van der Waals surface area contributed by atoms with Gasteiger partial charge in [0.05, 0.1) is 11.0 Å². The van der Waals surface area contributed by atoms with Crippen molar-refractivity contribution in [2.24, 2.45) is 5.41 Å². The highest BCUT2D eigenvalue weighted by Crippen LogP contribution is 2.41. The van der Waals surface area contributed by atoms with E-state index in [1.54, 1.807) is 0 Å². The Bertz CT molecular complexity index is 567. The maximum atomic E-state index is 4.79.